The molecule has 1 aliphatic rings. The van der Waals surface area contributed by atoms with Gasteiger partial charge in [0.05, 0.1) is 5.56 Å². The average Bonchev–Trinajstić information content (AvgIpc) is 3.44. The SMILES string of the molecule is CCCCCCCCCCCCCC(=O)Nc1ccc(N2CCCC2)c(C(=O)NCCN(CC)CC)c1. The number of anilines is 2. The Labute approximate surface area is 226 Å². The van der Waals surface area contributed by atoms with Crippen molar-refractivity contribution in [2.75, 3.05) is 49.5 Å². The summed E-state index contributed by atoms with van der Waals surface area (Å²) < 4.78 is 0. The minimum Gasteiger partial charge on any atom is -0.371 e. The van der Waals surface area contributed by atoms with Crippen molar-refractivity contribution in [2.45, 2.75) is 111 Å². The number of hydrogen-bond acceptors (Lipinski definition) is 4. The average molecular weight is 515 g/mol. The lowest BCUT2D eigenvalue weighted by Gasteiger charge is -2.23. The lowest BCUT2D eigenvalue weighted by Crippen LogP contribution is -2.35. The molecule has 2 N–H and O–H groups in total. The number of carbonyl (C=O) groups excluding carboxylic acids is 2. The number of rotatable bonds is 20. The van der Waals surface area contributed by atoms with Crippen LogP contribution in [0.2, 0.25) is 0 Å². The summed E-state index contributed by atoms with van der Waals surface area (Å²) in [7, 11) is 0. The summed E-state index contributed by atoms with van der Waals surface area (Å²) in [4.78, 5) is 30.3. The molecule has 1 aromatic carbocycles. The Morgan fingerprint density at radius 1 is 0.838 bits per heavy atom. The smallest absolute Gasteiger partial charge is 0.253 e. The highest BCUT2D eigenvalue weighted by Gasteiger charge is 2.20. The van der Waals surface area contributed by atoms with Gasteiger partial charge >= 0.3 is 0 Å². The fraction of sp³-hybridized carbons (Fsp3) is 0.742. The third-order valence-corrected chi connectivity index (χ3v) is 7.59. The molecule has 0 saturated carbocycles. The molecule has 2 amide bonds. The van der Waals surface area contributed by atoms with Gasteiger partial charge < -0.3 is 20.4 Å². The van der Waals surface area contributed by atoms with Crippen LogP contribution in [0.4, 0.5) is 11.4 Å². The molecular formula is C31H54N4O2. The second-order valence-electron chi connectivity index (χ2n) is 10.5. The topological polar surface area (TPSA) is 64.7 Å². The Balaban J connectivity index is 1.78. The van der Waals surface area contributed by atoms with Gasteiger partial charge in [0.15, 0.2) is 0 Å². The third kappa shape index (κ3) is 12.3. The predicted octanol–water partition coefficient (Wildman–Crippen LogP) is 7.00. The Hall–Kier alpha value is -2.08. The van der Waals surface area contributed by atoms with Gasteiger partial charge in [-0.1, -0.05) is 85.0 Å². The van der Waals surface area contributed by atoms with Crippen molar-refractivity contribution in [3.05, 3.63) is 23.8 Å². The summed E-state index contributed by atoms with van der Waals surface area (Å²) in [5.41, 5.74) is 2.35. The first kappa shape index (κ1) is 31.1. The van der Waals surface area contributed by atoms with E-state index in [0.717, 1.165) is 64.1 Å². The number of likely N-dealkylation sites (N-methyl/N-ethyl adjacent to an activating group) is 1. The number of nitrogens with zero attached hydrogens (tertiary/aromatic N) is 2. The van der Waals surface area contributed by atoms with Crippen LogP contribution in [-0.4, -0.2) is 56.0 Å². The lowest BCUT2D eigenvalue weighted by atomic mass is 10.1. The van der Waals surface area contributed by atoms with Crippen LogP contribution in [-0.2, 0) is 4.79 Å². The number of carbonyl (C=O) groups is 2. The summed E-state index contributed by atoms with van der Waals surface area (Å²) in [5, 5.41) is 6.14. The maximum Gasteiger partial charge on any atom is 0.253 e. The first-order valence-corrected chi connectivity index (χ1v) is 15.3. The molecule has 0 aliphatic carbocycles. The van der Waals surface area contributed by atoms with Gasteiger partial charge in [-0.3, -0.25) is 9.59 Å². The van der Waals surface area contributed by atoms with E-state index in [0.29, 0.717) is 24.2 Å². The van der Waals surface area contributed by atoms with Crippen LogP contribution in [0.15, 0.2) is 18.2 Å². The van der Waals surface area contributed by atoms with Crippen LogP contribution in [0.25, 0.3) is 0 Å². The Bertz CT molecular complexity index is 772. The number of unbranched alkanes of at least 4 members (excludes halogenated alkanes) is 10. The van der Waals surface area contributed by atoms with Gasteiger partial charge in [-0.05, 0) is 50.6 Å². The van der Waals surface area contributed by atoms with Gasteiger partial charge in [0.2, 0.25) is 5.91 Å². The molecule has 0 radical (unpaired) electrons. The van der Waals surface area contributed by atoms with Crippen molar-refractivity contribution >= 4 is 23.2 Å². The maximum absolute atomic E-state index is 13.1. The van der Waals surface area contributed by atoms with E-state index in [1.165, 1.54) is 57.8 Å². The fourth-order valence-corrected chi connectivity index (χ4v) is 5.17. The van der Waals surface area contributed by atoms with E-state index in [9.17, 15) is 9.59 Å². The molecule has 1 aromatic rings. The molecule has 0 unspecified atom stereocenters. The number of benzene rings is 1. The first-order valence-electron chi connectivity index (χ1n) is 15.3. The minimum atomic E-state index is -0.0597. The standard InChI is InChI=1S/C31H54N4O2/c1-4-7-8-9-10-11-12-13-14-15-16-19-30(36)33-27-20-21-29(35-23-17-18-24-35)28(26-27)31(37)32-22-25-34(5-2)6-3/h20-21,26H,4-19,22-25H2,1-3H3,(H,32,37)(H,33,36). The first-order chi connectivity index (χ1) is 18.1. The van der Waals surface area contributed by atoms with E-state index in [1.807, 2.05) is 18.2 Å². The van der Waals surface area contributed by atoms with E-state index < -0.39 is 0 Å². The molecule has 1 fully saturated rings. The highest BCUT2D eigenvalue weighted by molar-refractivity contribution is 6.02. The number of amides is 2. The molecule has 0 spiro atoms. The van der Waals surface area contributed by atoms with Gasteiger partial charge in [0, 0.05) is 44.0 Å². The van der Waals surface area contributed by atoms with E-state index in [1.54, 1.807) is 0 Å². The Morgan fingerprint density at radius 3 is 2.03 bits per heavy atom. The van der Waals surface area contributed by atoms with Crippen LogP contribution in [0.3, 0.4) is 0 Å². The normalized spacial score (nSPS) is 13.4. The van der Waals surface area contributed by atoms with Crippen LogP contribution in [0.5, 0.6) is 0 Å². The van der Waals surface area contributed by atoms with Crippen LogP contribution in [0, 0.1) is 0 Å². The molecule has 37 heavy (non-hydrogen) atoms. The third-order valence-electron chi connectivity index (χ3n) is 7.59. The van der Waals surface area contributed by atoms with E-state index in [-0.39, 0.29) is 11.8 Å². The molecule has 1 saturated heterocycles. The zero-order valence-corrected chi connectivity index (χ0v) is 24.1. The maximum atomic E-state index is 13.1. The zero-order chi connectivity index (χ0) is 26.7. The number of nitrogens with one attached hydrogen (secondary N) is 2. The Kier molecular flexibility index (Phi) is 16.0. The molecule has 210 valence electrons. The van der Waals surface area contributed by atoms with Gasteiger partial charge in [-0.2, -0.15) is 0 Å². The van der Waals surface area contributed by atoms with E-state index >= 15 is 0 Å². The second kappa shape index (κ2) is 19.1. The van der Waals surface area contributed by atoms with Crippen LogP contribution in [0.1, 0.15) is 121 Å². The summed E-state index contributed by atoms with van der Waals surface area (Å²) in [6, 6.07) is 5.81. The molecule has 1 aliphatic heterocycles. The monoisotopic (exact) mass is 514 g/mol. The predicted molar refractivity (Wildman–Crippen MR) is 158 cm³/mol. The van der Waals surface area contributed by atoms with Crippen molar-refractivity contribution in [1.29, 1.82) is 0 Å². The van der Waals surface area contributed by atoms with Gasteiger partial charge in [0.25, 0.3) is 5.91 Å². The lowest BCUT2D eigenvalue weighted by molar-refractivity contribution is -0.116. The Morgan fingerprint density at radius 2 is 1.43 bits per heavy atom. The van der Waals surface area contributed by atoms with Crippen molar-refractivity contribution in [3.63, 3.8) is 0 Å². The highest BCUT2D eigenvalue weighted by atomic mass is 16.2. The van der Waals surface area contributed by atoms with Crippen molar-refractivity contribution in [1.82, 2.24) is 10.2 Å². The summed E-state index contributed by atoms with van der Waals surface area (Å²) in [6.07, 6.45) is 16.9. The van der Waals surface area contributed by atoms with Crippen LogP contribution < -0.4 is 15.5 Å². The molecule has 1 heterocycles. The largest absolute Gasteiger partial charge is 0.371 e. The van der Waals surface area contributed by atoms with Crippen molar-refractivity contribution in [3.8, 4) is 0 Å². The van der Waals surface area contributed by atoms with Gasteiger partial charge in [-0.15, -0.1) is 0 Å². The number of hydrogen-bond donors (Lipinski definition) is 2. The van der Waals surface area contributed by atoms with Crippen LogP contribution >= 0.6 is 0 Å². The van der Waals surface area contributed by atoms with Gasteiger partial charge in [-0.25, -0.2) is 0 Å². The highest BCUT2D eigenvalue weighted by Crippen LogP contribution is 2.28. The summed E-state index contributed by atoms with van der Waals surface area (Å²) >= 11 is 0. The zero-order valence-electron chi connectivity index (χ0n) is 24.1. The molecule has 6 heteroatoms. The molecule has 0 aromatic heterocycles. The molecule has 6 nitrogen and oxygen atoms in total. The molecule has 2 rings (SSSR count). The fourth-order valence-electron chi connectivity index (χ4n) is 5.17. The quantitative estimate of drug-likeness (QED) is 0.184. The van der Waals surface area contributed by atoms with Crippen molar-refractivity contribution < 1.29 is 9.59 Å². The molecular weight excluding hydrogens is 460 g/mol. The minimum absolute atomic E-state index is 0.0396. The van der Waals surface area contributed by atoms with E-state index in [4.69, 9.17) is 0 Å². The van der Waals surface area contributed by atoms with Gasteiger partial charge in [0.1, 0.15) is 0 Å². The second-order valence-corrected chi connectivity index (χ2v) is 10.5. The summed E-state index contributed by atoms with van der Waals surface area (Å²) in [6.45, 7) is 11.9. The molecule has 0 atom stereocenters. The molecule has 0 bridgehead atoms. The summed E-state index contributed by atoms with van der Waals surface area (Å²) in [5.74, 6) is -0.0201. The van der Waals surface area contributed by atoms with Crippen molar-refractivity contribution in [2.24, 2.45) is 0 Å². The van der Waals surface area contributed by atoms with E-state index in [2.05, 4.69) is 41.2 Å².